The first-order valence-electron chi connectivity index (χ1n) is 26.9. The second-order valence-corrected chi connectivity index (χ2v) is 18.0. The highest BCUT2D eigenvalue weighted by atomic mass is 16.7. The van der Waals surface area contributed by atoms with Crippen LogP contribution in [0.2, 0.25) is 0 Å². The molecule has 1 heterocycles. The minimum Gasteiger partial charge on any atom is -0.454 e. The van der Waals surface area contributed by atoms with Crippen molar-refractivity contribution in [2.24, 2.45) is 0 Å². The van der Waals surface area contributed by atoms with Gasteiger partial charge in [0.25, 0.3) is 0 Å². The molecule has 0 bridgehead atoms. The summed E-state index contributed by atoms with van der Waals surface area (Å²) in [6.45, 7) is 5.43. The predicted molar refractivity (Wildman–Crippen MR) is 287 cm³/mol. The lowest BCUT2D eigenvalue weighted by molar-refractivity contribution is -0.305. The Morgan fingerprint density at radius 2 is 1.10 bits per heavy atom. The van der Waals surface area contributed by atoms with Crippen molar-refractivity contribution in [1.29, 1.82) is 0 Å². The lowest BCUT2D eigenvalue weighted by atomic mass is 9.99. The van der Waals surface area contributed by atoms with E-state index in [0.29, 0.717) is 12.8 Å². The summed E-state index contributed by atoms with van der Waals surface area (Å²) < 4.78 is 17.5. The molecule has 0 radical (unpaired) electrons. The third kappa shape index (κ3) is 34.4. The largest absolute Gasteiger partial charge is 0.454 e. The van der Waals surface area contributed by atoms with Crippen LogP contribution in [0, 0.1) is 0 Å². The average molecular weight is 978 g/mol. The predicted octanol–water partition coefficient (Wildman–Crippen LogP) is 11.5. The normalized spacial score (nSPS) is 20.7. The van der Waals surface area contributed by atoms with Gasteiger partial charge in [-0.15, -0.1) is 0 Å². The Kier molecular flexibility index (Phi) is 42.2. The molecule has 11 heteroatoms. The van der Waals surface area contributed by atoms with Gasteiger partial charge in [-0.1, -0.05) is 213 Å². The number of rotatable bonds is 42. The van der Waals surface area contributed by atoms with Gasteiger partial charge in [0.15, 0.2) is 12.4 Å². The molecule has 1 rings (SSSR count). The maximum absolute atomic E-state index is 13.3. The van der Waals surface area contributed by atoms with E-state index in [-0.39, 0.29) is 19.4 Å². The average Bonchev–Trinajstić information content (AvgIpc) is 3.36. The molecule has 0 aromatic heterocycles. The Morgan fingerprint density at radius 1 is 0.586 bits per heavy atom. The Labute approximate surface area is 423 Å². The quantitative estimate of drug-likeness (QED) is 0.0149. The number of allylic oxidation sites excluding steroid dienone is 19. The van der Waals surface area contributed by atoms with Crippen molar-refractivity contribution in [2.45, 2.75) is 224 Å². The Bertz CT molecular complexity index is 1590. The van der Waals surface area contributed by atoms with E-state index >= 15 is 0 Å². The maximum atomic E-state index is 13.3. The van der Waals surface area contributed by atoms with Gasteiger partial charge in [0.1, 0.15) is 24.4 Å². The molecule has 1 saturated heterocycles. The number of amides is 1. The first kappa shape index (κ1) is 64.1. The van der Waals surface area contributed by atoms with Crippen LogP contribution in [-0.4, -0.2) is 99.6 Å². The fourth-order valence-electron chi connectivity index (χ4n) is 7.52. The third-order valence-corrected chi connectivity index (χ3v) is 11.8. The number of carbonyl (C=O) groups excluding carboxylic acids is 2. The van der Waals surface area contributed by atoms with E-state index in [1.54, 1.807) is 6.08 Å². The van der Waals surface area contributed by atoms with Crippen molar-refractivity contribution in [3.63, 3.8) is 0 Å². The summed E-state index contributed by atoms with van der Waals surface area (Å²) in [5, 5.41) is 56.6. The van der Waals surface area contributed by atoms with Gasteiger partial charge in [0, 0.05) is 6.42 Å². The van der Waals surface area contributed by atoms with Gasteiger partial charge in [0.2, 0.25) is 5.91 Å². The molecule has 11 nitrogen and oxygen atoms in total. The molecular weight excluding hydrogens is 883 g/mol. The van der Waals surface area contributed by atoms with Crippen LogP contribution in [0.3, 0.4) is 0 Å². The topological polar surface area (TPSA) is 175 Å². The first-order valence-corrected chi connectivity index (χ1v) is 26.9. The van der Waals surface area contributed by atoms with Crippen LogP contribution < -0.4 is 5.32 Å². The number of esters is 1. The minimum atomic E-state index is -1.64. The van der Waals surface area contributed by atoms with Crippen molar-refractivity contribution in [2.75, 3.05) is 13.2 Å². The van der Waals surface area contributed by atoms with Crippen LogP contribution in [-0.2, 0) is 23.8 Å². The molecule has 0 spiro atoms. The van der Waals surface area contributed by atoms with Crippen molar-refractivity contribution >= 4 is 11.9 Å². The van der Waals surface area contributed by atoms with Crippen molar-refractivity contribution in [3.05, 3.63) is 122 Å². The van der Waals surface area contributed by atoms with Gasteiger partial charge in [-0.25, -0.2) is 0 Å². The van der Waals surface area contributed by atoms with E-state index in [0.717, 1.165) is 89.9 Å². The molecule has 396 valence electrons. The molecule has 8 unspecified atom stereocenters. The van der Waals surface area contributed by atoms with Crippen LogP contribution in [0.25, 0.3) is 0 Å². The van der Waals surface area contributed by atoms with Crippen molar-refractivity contribution in [3.8, 4) is 0 Å². The van der Waals surface area contributed by atoms with Crippen LogP contribution >= 0.6 is 0 Å². The number of ether oxygens (including phenoxy) is 3. The van der Waals surface area contributed by atoms with E-state index in [1.807, 2.05) is 72.9 Å². The molecular formula is C59H95NO10. The lowest BCUT2D eigenvalue weighted by Gasteiger charge is -2.41. The molecule has 0 aliphatic carbocycles. The molecule has 0 aromatic carbocycles. The van der Waals surface area contributed by atoms with Gasteiger partial charge >= 0.3 is 5.97 Å². The highest BCUT2D eigenvalue weighted by Gasteiger charge is 2.47. The van der Waals surface area contributed by atoms with Gasteiger partial charge in [-0.3, -0.25) is 9.59 Å². The summed E-state index contributed by atoms with van der Waals surface area (Å²) in [5.41, 5.74) is 0. The van der Waals surface area contributed by atoms with E-state index in [9.17, 15) is 35.1 Å². The maximum Gasteiger partial charge on any atom is 0.306 e. The van der Waals surface area contributed by atoms with Crippen LogP contribution in [0.5, 0.6) is 0 Å². The summed E-state index contributed by atoms with van der Waals surface area (Å²) in [4.78, 5) is 26.4. The van der Waals surface area contributed by atoms with Crippen LogP contribution in [0.1, 0.15) is 175 Å². The molecule has 1 amide bonds. The highest BCUT2D eigenvalue weighted by Crippen LogP contribution is 2.26. The monoisotopic (exact) mass is 978 g/mol. The second kappa shape index (κ2) is 46.2. The number of hydrogen-bond donors (Lipinski definition) is 6. The fraction of sp³-hybridized carbons (Fsp3) is 0.627. The SMILES string of the molecule is CC\C=C/C=C/C=C/C=C\C=C\C=C\CCCCC(O)C(=O)NC(COC1OC(CO)C(O)C(O)C1OC(=O)CCCCCC/C=C/C/C=C/C/C=C/CC)C(O)/C=C/CCCCCCCCCCC. The zero-order valence-electron chi connectivity index (χ0n) is 43.3. The number of carbonyl (C=O) groups is 2. The molecule has 0 saturated carbocycles. The van der Waals surface area contributed by atoms with Gasteiger partial charge in [-0.2, -0.15) is 0 Å². The van der Waals surface area contributed by atoms with Crippen LogP contribution in [0.4, 0.5) is 0 Å². The molecule has 1 aliphatic rings. The van der Waals surface area contributed by atoms with Crippen molar-refractivity contribution in [1.82, 2.24) is 5.32 Å². The summed E-state index contributed by atoms with van der Waals surface area (Å²) in [5.74, 6) is -1.28. The minimum absolute atomic E-state index is 0.0842. The number of nitrogens with one attached hydrogen (secondary N) is 1. The van der Waals surface area contributed by atoms with Gasteiger partial charge in [-0.05, 0) is 77.0 Å². The Balaban J connectivity index is 2.83. The van der Waals surface area contributed by atoms with Gasteiger partial charge in [0.05, 0.1) is 25.4 Å². The smallest absolute Gasteiger partial charge is 0.306 e. The summed E-state index contributed by atoms with van der Waals surface area (Å²) in [6, 6.07) is -1.06. The lowest BCUT2D eigenvalue weighted by Crippen LogP contribution is -2.61. The second-order valence-electron chi connectivity index (χ2n) is 18.0. The van der Waals surface area contributed by atoms with Crippen molar-refractivity contribution < 1.29 is 49.3 Å². The molecule has 0 aromatic rings. The number of hydrogen-bond acceptors (Lipinski definition) is 10. The van der Waals surface area contributed by atoms with Crippen LogP contribution in [0.15, 0.2) is 122 Å². The van der Waals surface area contributed by atoms with E-state index < -0.39 is 67.4 Å². The van der Waals surface area contributed by atoms with E-state index in [1.165, 1.54) is 38.5 Å². The Hall–Kier alpha value is -3.94. The third-order valence-electron chi connectivity index (χ3n) is 11.8. The summed E-state index contributed by atoms with van der Waals surface area (Å²) in [6.07, 6.45) is 52.5. The zero-order valence-corrected chi connectivity index (χ0v) is 43.3. The molecule has 1 fully saturated rings. The standard InChI is InChI=1S/C59H95NO10/c1-4-7-10-13-16-19-22-24-26-27-28-31-34-37-40-43-46-52(63)58(67)60-50(51(62)45-42-39-36-33-30-21-18-15-12-9-6-3)49-68-59-57(56(66)55(65)53(48-61)69-59)70-54(64)47-44-41-38-35-32-29-25-23-20-17-14-11-8-5-2/h7-8,10-11,13,16-17,19-20,22,24-29,31,34,42,45,50-53,55-57,59,61-63,65-66H,4-6,9,12,14-15,18,21,23,30,32-33,35-41,43-44,46-49H2,1-3H3,(H,60,67)/b10-7-,11-8+,16-13+,20-17+,22-19+,26-24-,28-27+,29-25+,34-31+,45-42+. The van der Waals surface area contributed by atoms with E-state index in [2.05, 4.69) is 68.6 Å². The molecule has 70 heavy (non-hydrogen) atoms. The molecule has 6 N–H and O–H groups in total. The van der Waals surface area contributed by atoms with E-state index in [4.69, 9.17) is 14.2 Å². The molecule has 1 aliphatic heterocycles. The summed E-state index contributed by atoms with van der Waals surface area (Å²) >= 11 is 0. The summed E-state index contributed by atoms with van der Waals surface area (Å²) in [7, 11) is 0. The Morgan fingerprint density at radius 3 is 1.71 bits per heavy atom. The number of aliphatic hydroxyl groups excluding tert-OH is 5. The molecule has 8 atom stereocenters. The fourth-order valence-corrected chi connectivity index (χ4v) is 7.52. The van der Waals surface area contributed by atoms with Gasteiger partial charge < -0.3 is 45.1 Å². The highest BCUT2D eigenvalue weighted by molar-refractivity contribution is 5.80. The number of unbranched alkanes of at least 4 members (excludes halogenated alkanes) is 15. The zero-order chi connectivity index (χ0) is 51.1. The number of aliphatic hydroxyl groups is 5. The first-order chi connectivity index (χ1) is 34.2.